The Hall–Kier alpha value is -13.7. The predicted octanol–water partition coefficient (Wildman–Crippen LogP) is 33.6. The summed E-state index contributed by atoms with van der Waals surface area (Å²) in [6.45, 7) is 43.8. The molecule has 20 aromatic rings. The van der Waals surface area contributed by atoms with E-state index < -0.39 is 0 Å². The number of para-hydroxylation sites is 2. The van der Waals surface area contributed by atoms with Gasteiger partial charge in [-0.25, -0.2) is 0 Å². The molecule has 0 amide bonds. The summed E-state index contributed by atoms with van der Waals surface area (Å²) < 4.78 is 0. The van der Waals surface area contributed by atoms with Crippen LogP contribution in [0.15, 0.2) is 365 Å². The Morgan fingerprint density at radius 3 is 0.985 bits per heavy atom. The zero-order chi connectivity index (χ0) is 92.6. The first-order chi connectivity index (χ1) is 62.7. The molecule has 0 aliphatic heterocycles. The first-order valence-corrected chi connectivity index (χ1v) is 46.2. The quantitative estimate of drug-likeness (QED) is 0.130. The molecule has 0 N–H and O–H groups in total. The second kappa shape index (κ2) is 48.5. The van der Waals surface area contributed by atoms with Crippen molar-refractivity contribution in [3.8, 4) is 0 Å². The van der Waals surface area contributed by atoms with Crippen LogP contribution in [0.2, 0.25) is 0 Å². The van der Waals surface area contributed by atoms with Gasteiger partial charge >= 0.3 is 0 Å². The number of benzene rings is 10. The molecule has 10 aromatic carbocycles. The van der Waals surface area contributed by atoms with Gasteiger partial charge in [-0.1, -0.05) is 339 Å². The van der Waals surface area contributed by atoms with Crippen LogP contribution in [0.5, 0.6) is 0 Å². The Kier molecular flexibility index (Phi) is 36.1. The van der Waals surface area contributed by atoms with Crippen LogP contribution in [0.3, 0.4) is 0 Å². The van der Waals surface area contributed by atoms with Crippen LogP contribution >= 0.6 is 0 Å². The van der Waals surface area contributed by atoms with Gasteiger partial charge in [-0.2, -0.15) is 0 Å². The number of pyridine rings is 10. The van der Waals surface area contributed by atoms with Gasteiger partial charge in [-0.05, 0) is 240 Å². The number of aromatic nitrogens is 10. The fraction of sp³-hybridized carbons (Fsp3) is 0.250. The summed E-state index contributed by atoms with van der Waals surface area (Å²) in [5.74, 6) is 5.54. The summed E-state index contributed by atoms with van der Waals surface area (Å²) >= 11 is 0. The molecule has 0 aliphatic rings. The van der Waals surface area contributed by atoms with Gasteiger partial charge in [0.05, 0.1) is 44.1 Å². The van der Waals surface area contributed by atoms with Gasteiger partial charge in [0.15, 0.2) is 0 Å². The molecular weight excluding hydrogens is 1580 g/mol. The third-order valence-electron chi connectivity index (χ3n) is 22.7. The Morgan fingerprint density at radius 1 is 0.146 bits per heavy atom. The van der Waals surface area contributed by atoms with Gasteiger partial charge in [0.25, 0.3) is 0 Å². The van der Waals surface area contributed by atoms with E-state index in [0.29, 0.717) is 59.2 Å². The van der Waals surface area contributed by atoms with E-state index in [1.165, 1.54) is 115 Å². The highest BCUT2D eigenvalue weighted by molar-refractivity contribution is 5.87. The van der Waals surface area contributed by atoms with Crippen molar-refractivity contribution in [2.75, 3.05) is 0 Å². The number of rotatable bonds is 10. The molecule has 0 aliphatic carbocycles. The third-order valence-corrected chi connectivity index (χ3v) is 22.7. The molecule has 130 heavy (non-hydrogen) atoms. The molecule has 10 heteroatoms. The minimum atomic E-state index is 0.476. The normalized spacial score (nSPS) is 11.0. The van der Waals surface area contributed by atoms with Crippen LogP contribution in [0.25, 0.3) is 109 Å². The molecule has 10 aromatic heterocycles. The molecule has 0 bridgehead atoms. The minimum Gasteiger partial charge on any atom is -0.264 e. The van der Waals surface area contributed by atoms with Crippen molar-refractivity contribution in [2.45, 2.75) is 198 Å². The van der Waals surface area contributed by atoms with Gasteiger partial charge in [0.1, 0.15) is 0 Å². The smallest absolute Gasteiger partial charge is 0.0890 e. The summed E-state index contributed by atoms with van der Waals surface area (Å²) in [4.78, 5) is 43.4. The highest BCUT2D eigenvalue weighted by Gasteiger charge is 2.10. The topological polar surface area (TPSA) is 129 Å². The molecule has 10 nitrogen and oxygen atoms in total. The maximum absolute atomic E-state index is 4.57. The van der Waals surface area contributed by atoms with Crippen molar-refractivity contribution >= 4 is 109 Å². The summed E-state index contributed by atoms with van der Waals surface area (Å²) in [6.07, 6.45) is 16.8. The van der Waals surface area contributed by atoms with Crippen LogP contribution in [0.4, 0.5) is 0 Å². The highest BCUT2D eigenvalue weighted by Crippen LogP contribution is 2.29. The molecule has 0 fully saturated rings. The summed E-state index contributed by atoms with van der Waals surface area (Å²) in [6, 6.07) is 107. The second-order valence-electron chi connectivity index (χ2n) is 36.1. The van der Waals surface area contributed by atoms with Crippen LogP contribution < -0.4 is 0 Å². The van der Waals surface area contributed by atoms with E-state index in [-0.39, 0.29) is 0 Å². The van der Waals surface area contributed by atoms with Crippen LogP contribution in [-0.4, -0.2) is 49.8 Å². The van der Waals surface area contributed by atoms with Gasteiger partial charge in [-0.15, -0.1) is 0 Å². The SMILES string of the molecule is CC(C)c1cc2ccccc2cn1.CC(C)c1ccc2ccccc2c1.CC(C)c1ccc2ccccc2c1.CC(C)c1ccc2ccccc2n1.CC(C)c1ccc2cccnc2c1.CC(C)c1ccc2cnccc2c1.CC(C)c1ccc2ncccc2c1.CC(C)c1ccc2ncccc2n1.CC(C)c1cnc2ccccc2c1.CC(C)c1cnc2cccnc2c1. The lowest BCUT2D eigenvalue weighted by Gasteiger charge is -2.06. The van der Waals surface area contributed by atoms with E-state index in [2.05, 4.69) is 413 Å². The van der Waals surface area contributed by atoms with E-state index >= 15 is 0 Å². The molecule has 20 rings (SSSR count). The zero-order valence-electron chi connectivity index (χ0n) is 79.9. The number of nitrogens with zero attached hydrogens (tertiary/aromatic N) is 10. The van der Waals surface area contributed by atoms with E-state index in [4.69, 9.17) is 0 Å². The van der Waals surface area contributed by atoms with Gasteiger partial charge < -0.3 is 0 Å². The minimum absolute atomic E-state index is 0.476. The lowest BCUT2D eigenvalue weighted by Crippen LogP contribution is -1.92. The lowest BCUT2D eigenvalue weighted by molar-refractivity contribution is 0.826. The molecule has 0 saturated carbocycles. The first-order valence-electron chi connectivity index (χ1n) is 46.2. The number of fused-ring (bicyclic) bond motifs is 10. The van der Waals surface area contributed by atoms with Crippen LogP contribution in [-0.2, 0) is 0 Å². The van der Waals surface area contributed by atoms with Crippen molar-refractivity contribution in [3.05, 3.63) is 421 Å². The van der Waals surface area contributed by atoms with Crippen molar-refractivity contribution in [3.63, 3.8) is 0 Å². The maximum Gasteiger partial charge on any atom is 0.0890 e. The molecule has 0 unspecified atom stereocenters. The zero-order valence-corrected chi connectivity index (χ0v) is 79.9. The van der Waals surface area contributed by atoms with E-state index in [9.17, 15) is 0 Å². The van der Waals surface area contributed by atoms with Crippen molar-refractivity contribution in [2.24, 2.45) is 0 Å². The summed E-state index contributed by atoms with van der Waals surface area (Å²) in [7, 11) is 0. The Bertz CT molecular complexity index is 5560. The standard InChI is InChI=1S/2C13H14.6C12H13N.2C11H12N2/c2*1-10(2)12-8-7-11-5-3-4-6-13(11)9-12;1-9(2)10-3-4-12-8-13-6-5-11(12)7-10;1-9(2)10-5-6-12-11(8-10)4-3-7-13-12;1-9(2)11-6-5-10-4-3-7-13-12(10)8-11;1-9(2)11-7-10-5-3-4-6-12(10)13-8-11;1-9(2)12-7-10-5-3-4-6-11(10)8-13-12;1-9(2)11-8-7-10-5-3-4-6-12(10)13-11;1-8(2)9-5-6-10-11(13-9)4-3-7-12-10;1-8(2)9-6-11-10(13-7-9)4-3-5-12-11/h2*3-10H,1-2H3;6*3-9H,1-2H3;2*3-8H,1-2H3. The van der Waals surface area contributed by atoms with E-state index in [0.717, 1.165) is 49.8 Å². The Morgan fingerprint density at radius 2 is 0.446 bits per heavy atom. The predicted molar refractivity (Wildman–Crippen MR) is 558 cm³/mol. The van der Waals surface area contributed by atoms with Crippen molar-refractivity contribution < 1.29 is 0 Å². The Labute approximate surface area is 772 Å². The fourth-order valence-corrected chi connectivity index (χ4v) is 14.3. The monoisotopic (exact) mass is 1710 g/mol. The van der Waals surface area contributed by atoms with Crippen LogP contribution in [0, 0.1) is 0 Å². The van der Waals surface area contributed by atoms with Gasteiger partial charge in [0.2, 0.25) is 0 Å². The maximum atomic E-state index is 4.57. The Balaban J connectivity index is 0.000000140. The number of hydrogen-bond donors (Lipinski definition) is 0. The average Bonchev–Trinajstić information content (AvgIpc) is 0.902. The molecule has 0 spiro atoms. The van der Waals surface area contributed by atoms with Gasteiger partial charge in [0, 0.05) is 105 Å². The molecule has 10 heterocycles. The number of hydrogen-bond acceptors (Lipinski definition) is 10. The van der Waals surface area contributed by atoms with Crippen LogP contribution in [0.1, 0.15) is 254 Å². The molecule has 0 atom stereocenters. The first kappa shape index (κ1) is 96.9. The lowest BCUT2D eigenvalue weighted by atomic mass is 9.99. The molecule has 0 saturated heterocycles. The van der Waals surface area contributed by atoms with E-state index in [1.807, 2.05) is 128 Å². The fourth-order valence-electron chi connectivity index (χ4n) is 14.3. The largest absolute Gasteiger partial charge is 0.264 e. The second-order valence-corrected chi connectivity index (χ2v) is 36.1. The molecule has 660 valence electrons. The highest BCUT2D eigenvalue weighted by atomic mass is 14.8. The third kappa shape index (κ3) is 28.7. The van der Waals surface area contributed by atoms with Gasteiger partial charge in [-0.3, -0.25) is 49.8 Å². The summed E-state index contributed by atoms with van der Waals surface area (Å²) in [5, 5.41) is 15.2. The molecular formula is C120H130N10. The summed E-state index contributed by atoms with van der Waals surface area (Å²) in [5.41, 5.74) is 21.2. The van der Waals surface area contributed by atoms with E-state index in [1.54, 1.807) is 12.4 Å². The average molecular weight is 1710 g/mol. The molecule has 0 radical (unpaired) electrons. The van der Waals surface area contributed by atoms with Crippen molar-refractivity contribution in [1.29, 1.82) is 0 Å². The van der Waals surface area contributed by atoms with Crippen molar-refractivity contribution in [1.82, 2.24) is 49.8 Å².